The third-order valence-corrected chi connectivity index (χ3v) is 11.1. The van der Waals surface area contributed by atoms with Gasteiger partial charge in [-0.05, 0) is 64.2 Å². The number of hydrogen-bond donors (Lipinski definition) is 2. The van der Waals surface area contributed by atoms with Gasteiger partial charge < -0.3 is 20.1 Å². The van der Waals surface area contributed by atoms with Gasteiger partial charge in [0.2, 0.25) is 0 Å². The largest absolute Gasteiger partial charge is 0.472 e. The summed E-state index contributed by atoms with van der Waals surface area (Å²) in [6.07, 6.45) is 63.3. The molecule has 0 aromatic rings. The molecule has 0 amide bonds. The number of phosphoric ester groups is 1. The molecule has 61 heavy (non-hydrogen) atoms. The standard InChI is InChI=1S/C52H92NO7P/c1-3-5-7-9-11-13-15-17-19-21-23-24-25-26-27-29-31-33-35-37-39-41-43-45-52(54)60-51(50-59-61(55,56)58-48-46-53)49-57-47-44-42-40-38-36-34-32-30-28-22-20-18-16-14-12-10-8-6-4-2/h5,7,11,13,17,19,23-24,26-27,31,33,37,39,51H,3-4,6,8-10,12,14-16,18,20-22,25,28-30,32,34-36,38,40-50,53H2,1-2H3,(H,55,56)/b7-5-,13-11-,19-17-,24-23-,27-26-,33-31-,39-37-. The summed E-state index contributed by atoms with van der Waals surface area (Å²) in [5, 5.41) is 0. The van der Waals surface area contributed by atoms with Crippen molar-refractivity contribution >= 4 is 13.8 Å². The molecule has 0 rings (SSSR count). The van der Waals surface area contributed by atoms with Gasteiger partial charge in [0.05, 0.1) is 19.8 Å². The Morgan fingerprint density at radius 3 is 1.31 bits per heavy atom. The van der Waals surface area contributed by atoms with Gasteiger partial charge in [0.25, 0.3) is 0 Å². The van der Waals surface area contributed by atoms with Crippen LogP contribution in [0.3, 0.4) is 0 Å². The maximum absolute atomic E-state index is 12.6. The molecule has 9 heteroatoms. The molecule has 0 aliphatic heterocycles. The molecular weight excluding hydrogens is 782 g/mol. The van der Waals surface area contributed by atoms with Crippen LogP contribution in [-0.2, 0) is 27.9 Å². The van der Waals surface area contributed by atoms with Crippen LogP contribution >= 0.6 is 7.82 Å². The summed E-state index contributed by atoms with van der Waals surface area (Å²) in [6.45, 7) is 4.74. The number of allylic oxidation sites excluding steroid dienone is 14. The minimum Gasteiger partial charge on any atom is -0.457 e. The normalized spacial score (nSPS) is 14.1. The number of esters is 1. The summed E-state index contributed by atoms with van der Waals surface area (Å²) in [7, 11) is -4.30. The van der Waals surface area contributed by atoms with Crippen molar-refractivity contribution in [2.75, 3.05) is 33.0 Å². The van der Waals surface area contributed by atoms with Gasteiger partial charge in [-0.15, -0.1) is 0 Å². The van der Waals surface area contributed by atoms with Crippen LogP contribution in [0.1, 0.15) is 200 Å². The van der Waals surface area contributed by atoms with Crippen LogP contribution in [0.4, 0.5) is 0 Å². The molecule has 0 heterocycles. The summed E-state index contributed by atoms with van der Waals surface area (Å²) >= 11 is 0. The Labute approximate surface area is 375 Å². The van der Waals surface area contributed by atoms with Crippen molar-refractivity contribution in [2.45, 2.75) is 206 Å². The first kappa shape index (κ1) is 58.7. The highest BCUT2D eigenvalue weighted by atomic mass is 31.2. The highest BCUT2D eigenvalue weighted by Crippen LogP contribution is 2.43. The van der Waals surface area contributed by atoms with Gasteiger partial charge in [-0.3, -0.25) is 13.8 Å². The van der Waals surface area contributed by atoms with Crippen LogP contribution in [0, 0.1) is 0 Å². The van der Waals surface area contributed by atoms with E-state index in [4.69, 9.17) is 24.3 Å². The molecule has 0 saturated heterocycles. The first-order valence-corrected chi connectivity index (χ1v) is 26.1. The molecule has 2 unspecified atom stereocenters. The van der Waals surface area contributed by atoms with Crippen molar-refractivity contribution in [3.05, 3.63) is 85.1 Å². The third kappa shape index (κ3) is 48.6. The van der Waals surface area contributed by atoms with E-state index in [1.165, 1.54) is 109 Å². The van der Waals surface area contributed by atoms with Gasteiger partial charge in [0, 0.05) is 19.6 Å². The molecule has 0 fully saturated rings. The second-order valence-corrected chi connectivity index (χ2v) is 17.4. The van der Waals surface area contributed by atoms with E-state index in [0.29, 0.717) is 13.0 Å². The highest BCUT2D eigenvalue weighted by Gasteiger charge is 2.25. The molecule has 0 aromatic heterocycles. The zero-order valence-corrected chi connectivity index (χ0v) is 40.0. The summed E-state index contributed by atoms with van der Waals surface area (Å²) in [5.74, 6) is -0.387. The Morgan fingerprint density at radius 2 is 0.902 bits per heavy atom. The first-order valence-electron chi connectivity index (χ1n) is 24.6. The molecule has 0 saturated carbocycles. The van der Waals surface area contributed by atoms with E-state index in [2.05, 4.69) is 98.9 Å². The van der Waals surface area contributed by atoms with Gasteiger partial charge in [0.15, 0.2) is 0 Å². The van der Waals surface area contributed by atoms with E-state index in [-0.39, 0.29) is 38.8 Å². The van der Waals surface area contributed by atoms with Crippen LogP contribution in [0.15, 0.2) is 85.1 Å². The fourth-order valence-corrected chi connectivity index (χ4v) is 7.28. The van der Waals surface area contributed by atoms with Crippen LogP contribution in [-0.4, -0.2) is 49.9 Å². The summed E-state index contributed by atoms with van der Waals surface area (Å²) < 4.78 is 33.5. The van der Waals surface area contributed by atoms with Crippen LogP contribution in [0.2, 0.25) is 0 Å². The van der Waals surface area contributed by atoms with Crippen molar-refractivity contribution in [1.29, 1.82) is 0 Å². The van der Waals surface area contributed by atoms with Crippen LogP contribution in [0.5, 0.6) is 0 Å². The SMILES string of the molecule is CC/C=C\C/C=C\C/C=C\C/C=C\C/C=C\C/C=C\C/C=C\CCCC(=O)OC(COCCCCCCCCCCCCCCCCCCCCC)COP(=O)(O)OCCN. The zero-order valence-electron chi connectivity index (χ0n) is 39.1. The first-order chi connectivity index (χ1) is 29.9. The fraction of sp³-hybridized carbons (Fsp3) is 0.712. The lowest BCUT2D eigenvalue weighted by Crippen LogP contribution is -2.28. The summed E-state index contributed by atoms with van der Waals surface area (Å²) in [4.78, 5) is 22.5. The second kappa shape index (κ2) is 48.7. The Morgan fingerprint density at radius 1 is 0.508 bits per heavy atom. The van der Waals surface area contributed by atoms with Crippen molar-refractivity contribution in [3.63, 3.8) is 0 Å². The number of carbonyl (C=O) groups is 1. The molecule has 3 N–H and O–H groups in total. The number of unbranched alkanes of at least 4 members (excludes halogenated alkanes) is 19. The van der Waals surface area contributed by atoms with Crippen LogP contribution < -0.4 is 5.73 Å². The van der Waals surface area contributed by atoms with E-state index >= 15 is 0 Å². The van der Waals surface area contributed by atoms with Gasteiger partial charge in [-0.2, -0.15) is 0 Å². The minimum absolute atomic E-state index is 0.0880. The number of hydrogen-bond acceptors (Lipinski definition) is 7. The number of carbonyl (C=O) groups excluding carboxylic acids is 1. The average molecular weight is 874 g/mol. The third-order valence-electron chi connectivity index (χ3n) is 10.1. The molecular formula is C52H92NO7P. The molecule has 8 nitrogen and oxygen atoms in total. The highest BCUT2D eigenvalue weighted by molar-refractivity contribution is 7.47. The molecule has 352 valence electrons. The van der Waals surface area contributed by atoms with Crippen molar-refractivity contribution in [1.82, 2.24) is 0 Å². The topological polar surface area (TPSA) is 117 Å². The molecule has 0 radical (unpaired) electrons. The Hall–Kier alpha value is -2.32. The van der Waals surface area contributed by atoms with Crippen molar-refractivity contribution in [2.24, 2.45) is 5.73 Å². The smallest absolute Gasteiger partial charge is 0.457 e. The van der Waals surface area contributed by atoms with Gasteiger partial charge >= 0.3 is 13.8 Å². The maximum Gasteiger partial charge on any atom is 0.472 e. The summed E-state index contributed by atoms with van der Waals surface area (Å²) in [5.41, 5.74) is 5.38. The van der Waals surface area contributed by atoms with E-state index in [1.54, 1.807) is 0 Å². The lowest BCUT2D eigenvalue weighted by Gasteiger charge is -2.20. The molecule has 0 aromatic carbocycles. The minimum atomic E-state index is -4.30. The molecule has 0 bridgehead atoms. The predicted molar refractivity (Wildman–Crippen MR) is 261 cm³/mol. The van der Waals surface area contributed by atoms with Gasteiger partial charge in [-0.1, -0.05) is 214 Å². The van der Waals surface area contributed by atoms with Crippen molar-refractivity contribution < 1.29 is 32.8 Å². The molecule has 0 spiro atoms. The quantitative estimate of drug-likeness (QED) is 0.0269. The zero-order chi connectivity index (χ0) is 44.4. The van der Waals surface area contributed by atoms with E-state index in [9.17, 15) is 14.3 Å². The van der Waals surface area contributed by atoms with Gasteiger partial charge in [0.1, 0.15) is 6.10 Å². The monoisotopic (exact) mass is 874 g/mol. The maximum atomic E-state index is 12.6. The van der Waals surface area contributed by atoms with Crippen molar-refractivity contribution in [3.8, 4) is 0 Å². The lowest BCUT2D eigenvalue weighted by atomic mass is 10.0. The molecule has 0 aliphatic rings. The average Bonchev–Trinajstić information content (AvgIpc) is 3.25. The number of nitrogens with two attached hydrogens (primary N) is 1. The van der Waals surface area contributed by atoms with E-state index in [1.807, 2.05) is 0 Å². The molecule has 2 atom stereocenters. The van der Waals surface area contributed by atoms with Crippen LogP contribution in [0.25, 0.3) is 0 Å². The van der Waals surface area contributed by atoms with E-state index in [0.717, 1.165) is 64.2 Å². The Kier molecular flexibility index (Phi) is 46.9. The number of phosphoric acid groups is 1. The Balaban J connectivity index is 4.10. The Bertz CT molecular complexity index is 1210. The number of ether oxygens (including phenoxy) is 2. The predicted octanol–water partition coefficient (Wildman–Crippen LogP) is 15.3. The van der Waals surface area contributed by atoms with Gasteiger partial charge in [-0.25, -0.2) is 4.57 Å². The van der Waals surface area contributed by atoms with E-state index < -0.39 is 13.9 Å². The lowest BCUT2D eigenvalue weighted by molar-refractivity contribution is -0.154. The summed E-state index contributed by atoms with van der Waals surface area (Å²) in [6, 6.07) is 0. The fourth-order valence-electron chi connectivity index (χ4n) is 6.52. The number of rotatable bonds is 46. The molecule has 0 aliphatic carbocycles. The second-order valence-electron chi connectivity index (χ2n) is 16.0.